The second-order valence-electron chi connectivity index (χ2n) is 6.54. The summed E-state index contributed by atoms with van der Waals surface area (Å²) in [7, 11) is 0. The number of hydrogen-bond donors (Lipinski definition) is 0. The highest BCUT2D eigenvalue weighted by Gasteiger charge is 2.57. The van der Waals surface area contributed by atoms with Crippen LogP contribution in [-0.2, 0) is 0 Å². The van der Waals surface area contributed by atoms with Crippen molar-refractivity contribution in [3.8, 4) is 0 Å². The Labute approximate surface area is 90.5 Å². The molecule has 1 aliphatic rings. The van der Waals surface area contributed by atoms with Gasteiger partial charge < -0.3 is 0 Å². The number of hydrogen-bond acceptors (Lipinski definition) is 0. The predicted molar refractivity (Wildman–Crippen MR) is 64.4 cm³/mol. The lowest BCUT2D eigenvalue weighted by Gasteiger charge is -2.34. The van der Waals surface area contributed by atoms with Gasteiger partial charge in [0.25, 0.3) is 0 Å². The zero-order valence-corrected chi connectivity index (χ0v) is 11.0. The van der Waals surface area contributed by atoms with Crippen LogP contribution in [0.1, 0.15) is 67.2 Å². The average molecular weight is 196 g/mol. The van der Waals surface area contributed by atoms with Gasteiger partial charge in [-0.05, 0) is 35.5 Å². The van der Waals surface area contributed by atoms with Crippen LogP contribution in [-0.4, -0.2) is 0 Å². The molecular weight excluding hydrogens is 168 g/mol. The van der Waals surface area contributed by atoms with Crippen molar-refractivity contribution in [2.45, 2.75) is 67.2 Å². The minimum atomic E-state index is 0.554. The van der Waals surface area contributed by atoms with E-state index in [1.807, 2.05) is 0 Å². The maximum absolute atomic E-state index is 2.50. The van der Waals surface area contributed by atoms with Gasteiger partial charge in [-0.15, -0.1) is 0 Å². The van der Waals surface area contributed by atoms with Gasteiger partial charge in [-0.25, -0.2) is 0 Å². The third kappa shape index (κ3) is 2.15. The van der Waals surface area contributed by atoms with Crippen LogP contribution in [0.15, 0.2) is 0 Å². The van der Waals surface area contributed by atoms with E-state index in [1.54, 1.807) is 0 Å². The fraction of sp³-hybridized carbons (Fsp3) is 1.00. The Balaban J connectivity index is 2.49. The topological polar surface area (TPSA) is 0 Å². The lowest BCUT2D eigenvalue weighted by molar-refractivity contribution is 0.157. The van der Waals surface area contributed by atoms with Crippen LogP contribution in [0.2, 0.25) is 0 Å². The van der Waals surface area contributed by atoms with Gasteiger partial charge in [0.2, 0.25) is 0 Å². The van der Waals surface area contributed by atoms with E-state index < -0.39 is 0 Å². The van der Waals surface area contributed by atoms with Crippen LogP contribution < -0.4 is 0 Å². The minimum absolute atomic E-state index is 0.554. The molecule has 0 aromatic heterocycles. The van der Waals surface area contributed by atoms with E-state index >= 15 is 0 Å². The molecule has 0 aromatic carbocycles. The monoisotopic (exact) mass is 196 g/mol. The normalized spacial score (nSPS) is 32.4. The van der Waals surface area contributed by atoms with Gasteiger partial charge in [0.15, 0.2) is 0 Å². The molecule has 0 aliphatic heterocycles. The highest BCUT2D eigenvalue weighted by atomic mass is 14.6. The van der Waals surface area contributed by atoms with Gasteiger partial charge in [0, 0.05) is 0 Å². The van der Waals surface area contributed by atoms with Crippen molar-refractivity contribution in [2.75, 3.05) is 0 Å². The molecule has 2 atom stereocenters. The van der Waals surface area contributed by atoms with Gasteiger partial charge >= 0.3 is 0 Å². The van der Waals surface area contributed by atoms with E-state index in [-0.39, 0.29) is 0 Å². The van der Waals surface area contributed by atoms with E-state index in [9.17, 15) is 0 Å². The van der Waals surface area contributed by atoms with E-state index in [0.717, 1.165) is 11.8 Å². The lowest BCUT2D eigenvalue weighted by Crippen LogP contribution is -2.25. The van der Waals surface area contributed by atoms with Crippen molar-refractivity contribution < 1.29 is 0 Å². The molecular formula is C14H28. The summed E-state index contributed by atoms with van der Waals surface area (Å²) >= 11 is 0. The molecule has 14 heavy (non-hydrogen) atoms. The van der Waals surface area contributed by atoms with Crippen LogP contribution in [0.3, 0.4) is 0 Å². The Hall–Kier alpha value is 0. The van der Waals surface area contributed by atoms with E-state index in [2.05, 4.69) is 41.5 Å². The zero-order valence-electron chi connectivity index (χ0n) is 11.0. The molecule has 0 bridgehead atoms. The molecule has 2 unspecified atom stereocenters. The summed E-state index contributed by atoms with van der Waals surface area (Å²) in [6, 6.07) is 0. The fourth-order valence-electron chi connectivity index (χ4n) is 2.81. The highest BCUT2D eigenvalue weighted by Crippen LogP contribution is 2.65. The standard InChI is InChI=1S/C14H28/c1-7-12-10-14(12,6)13(4,5)9-8-11(2)3/h11-12H,7-10H2,1-6H3. The van der Waals surface area contributed by atoms with Crippen molar-refractivity contribution in [3.63, 3.8) is 0 Å². The Morgan fingerprint density at radius 3 is 2.29 bits per heavy atom. The quantitative estimate of drug-likeness (QED) is 0.587. The van der Waals surface area contributed by atoms with E-state index in [4.69, 9.17) is 0 Å². The van der Waals surface area contributed by atoms with Gasteiger partial charge in [0.05, 0.1) is 0 Å². The van der Waals surface area contributed by atoms with Crippen molar-refractivity contribution in [2.24, 2.45) is 22.7 Å². The minimum Gasteiger partial charge on any atom is -0.0651 e. The molecule has 0 saturated heterocycles. The van der Waals surface area contributed by atoms with Gasteiger partial charge in [-0.2, -0.15) is 0 Å². The van der Waals surface area contributed by atoms with Crippen LogP contribution in [0.5, 0.6) is 0 Å². The zero-order chi connectivity index (χ0) is 11.0. The Morgan fingerprint density at radius 1 is 1.36 bits per heavy atom. The number of rotatable bonds is 5. The Morgan fingerprint density at radius 2 is 1.93 bits per heavy atom. The molecule has 1 rings (SSSR count). The Bertz CT molecular complexity index is 190. The average Bonchev–Trinajstić information content (AvgIpc) is 2.76. The smallest absolute Gasteiger partial charge is 0.0243 e. The van der Waals surface area contributed by atoms with Crippen molar-refractivity contribution in [3.05, 3.63) is 0 Å². The second kappa shape index (κ2) is 3.87. The molecule has 0 nitrogen and oxygen atoms in total. The maximum atomic E-state index is 2.50. The van der Waals surface area contributed by atoms with Gasteiger partial charge in [-0.1, -0.05) is 54.4 Å². The molecule has 0 heteroatoms. The fourth-order valence-corrected chi connectivity index (χ4v) is 2.81. The SMILES string of the molecule is CCC1CC1(C)C(C)(C)CCC(C)C. The second-order valence-corrected chi connectivity index (χ2v) is 6.54. The van der Waals surface area contributed by atoms with Crippen molar-refractivity contribution in [1.29, 1.82) is 0 Å². The first-order chi connectivity index (χ1) is 6.33. The summed E-state index contributed by atoms with van der Waals surface area (Å²) in [5, 5.41) is 0. The van der Waals surface area contributed by atoms with Crippen LogP contribution in [0.25, 0.3) is 0 Å². The largest absolute Gasteiger partial charge is 0.0651 e. The first-order valence-electron chi connectivity index (χ1n) is 6.33. The summed E-state index contributed by atoms with van der Waals surface area (Å²) in [6.07, 6.45) is 5.63. The van der Waals surface area contributed by atoms with E-state index in [1.165, 1.54) is 25.7 Å². The van der Waals surface area contributed by atoms with Crippen molar-refractivity contribution in [1.82, 2.24) is 0 Å². The molecule has 0 amide bonds. The summed E-state index contributed by atoms with van der Waals surface area (Å²) in [5.74, 6) is 1.86. The lowest BCUT2D eigenvalue weighted by atomic mass is 9.71. The maximum Gasteiger partial charge on any atom is -0.0243 e. The highest BCUT2D eigenvalue weighted by molar-refractivity contribution is 5.06. The summed E-state index contributed by atoms with van der Waals surface area (Å²) in [6.45, 7) is 14.5. The van der Waals surface area contributed by atoms with Gasteiger partial charge in [0.1, 0.15) is 0 Å². The molecule has 84 valence electrons. The predicted octanol–water partition coefficient (Wildman–Crippen LogP) is 4.89. The molecule has 0 heterocycles. The molecule has 1 saturated carbocycles. The third-order valence-electron chi connectivity index (χ3n) is 4.80. The first-order valence-corrected chi connectivity index (χ1v) is 6.33. The van der Waals surface area contributed by atoms with Crippen LogP contribution in [0.4, 0.5) is 0 Å². The van der Waals surface area contributed by atoms with Crippen LogP contribution >= 0.6 is 0 Å². The van der Waals surface area contributed by atoms with E-state index in [0.29, 0.717) is 10.8 Å². The Kier molecular flexibility index (Phi) is 3.33. The van der Waals surface area contributed by atoms with Crippen molar-refractivity contribution >= 4 is 0 Å². The molecule has 1 fully saturated rings. The summed E-state index contributed by atoms with van der Waals surface area (Å²) in [5.41, 5.74) is 1.20. The summed E-state index contributed by atoms with van der Waals surface area (Å²) < 4.78 is 0. The summed E-state index contributed by atoms with van der Waals surface area (Å²) in [4.78, 5) is 0. The molecule has 0 aromatic rings. The molecule has 0 N–H and O–H groups in total. The first kappa shape index (κ1) is 12.1. The molecule has 0 radical (unpaired) electrons. The van der Waals surface area contributed by atoms with Crippen LogP contribution in [0, 0.1) is 22.7 Å². The van der Waals surface area contributed by atoms with Gasteiger partial charge in [-0.3, -0.25) is 0 Å². The third-order valence-corrected chi connectivity index (χ3v) is 4.80. The molecule has 0 spiro atoms. The molecule has 1 aliphatic carbocycles.